The van der Waals surface area contributed by atoms with Gasteiger partial charge in [-0.25, -0.2) is 9.18 Å². The SMILES string of the molecule is Cc1cc2oc(=O)cc(C[NH2+][C@@H](c3ccc(F)cc3)C(C)C)c2cc1Cl. The molecule has 26 heavy (non-hydrogen) atoms. The average Bonchev–Trinajstić information content (AvgIpc) is 2.58. The minimum absolute atomic E-state index is 0.152. The Labute approximate surface area is 156 Å². The Morgan fingerprint density at radius 3 is 2.50 bits per heavy atom. The fourth-order valence-corrected chi connectivity index (χ4v) is 3.41. The number of halogens is 2. The van der Waals surface area contributed by atoms with Gasteiger partial charge < -0.3 is 9.73 Å². The topological polar surface area (TPSA) is 46.8 Å². The highest BCUT2D eigenvalue weighted by Crippen LogP contribution is 2.25. The molecule has 2 N–H and O–H groups in total. The van der Waals surface area contributed by atoms with Gasteiger partial charge in [-0.15, -0.1) is 0 Å². The lowest BCUT2D eigenvalue weighted by Gasteiger charge is -2.20. The first kappa shape index (κ1) is 18.6. The summed E-state index contributed by atoms with van der Waals surface area (Å²) < 4.78 is 18.5. The molecule has 0 aliphatic heterocycles. The number of benzene rings is 2. The van der Waals surface area contributed by atoms with E-state index in [1.54, 1.807) is 6.07 Å². The van der Waals surface area contributed by atoms with Crippen LogP contribution in [0, 0.1) is 18.7 Å². The van der Waals surface area contributed by atoms with E-state index in [0.717, 1.165) is 22.1 Å². The summed E-state index contributed by atoms with van der Waals surface area (Å²) in [4.78, 5) is 11.9. The Bertz CT molecular complexity index is 980. The van der Waals surface area contributed by atoms with Gasteiger partial charge in [0, 0.05) is 33.5 Å². The molecule has 0 amide bonds. The maximum atomic E-state index is 13.2. The standard InChI is InChI=1S/C21H21ClFNO2/c1-12(2)21(14-4-6-16(23)7-5-14)24-11-15-9-20(25)26-19-8-13(3)18(22)10-17(15)19/h4-10,12,21,24H,11H2,1-3H3/p+1/t21-/m1/s1. The molecular formula is C21H22ClFNO2+. The highest BCUT2D eigenvalue weighted by atomic mass is 35.5. The molecule has 0 bridgehead atoms. The van der Waals surface area contributed by atoms with E-state index in [1.807, 2.05) is 25.1 Å². The minimum atomic E-state index is -0.370. The fraction of sp³-hybridized carbons (Fsp3) is 0.286. The summed E-state index contributed by atoms with van der Waals surface area (Å²) in [6.45, 7) is 6.73. The maximum absolute atomic E-state index is 13.2. The largest absolute Gasteiger partial charge is 0.423 e. The predicted molar refractivity (Wildman–Crippen MR) is 102 cm³/mol. The zero-order valence-corrected chi connectivity index (χ0v) is 15.8. The third-order valence-corrected chi connectivity index (χ3v) is 5.08. The molecule has 0 unspecified atom stereocenters. The number of hydrogen-bond acceptors (Lipinski definition) is 2. The molecule has 0 aliphatic rings. The van der Waals surface area contributed by atoms with E-state index < -0.39 is 0 Å². The highest BCUT2D eigenvalue weighted by Gasteiger charge is 2.20. The second-order valence-corrected chi connectivity index (χ2v) is 7.36. The van der Waals surface area contributed by atoms with Crippen LogP contribution in [-0.4, -0.2) is 0 Å². The smallest absolute Gasteiger partial charge is 0.336 e. The zero-order chi connectivity index (χ0) is 18.8. The van der Waals surface area contributed by atoms with E-state index in [-0.39, 0.29) is 17.5 Å². The number of aryl methyl sites for hydroxylation is 1. The molecule has 0 aliphatic carbocycles. The van der Waals surface area contributed by atoms with E-state index in [9.17, 15) is 9.18 Å². The van der Waals surface area contributed by atoms with E-state index >= 15 is 0 Å². The Morgan fingerprint density at radius 2 is 1.85 bits per heavy atom. The number of rotatable bonds is 5. The van der Waals surface area contributed by atoms with Crippen LogP contribution in [0.5, 0.6) is 0 Å². The van der Waals surface area contributed by atoms with Crippen LogP contribution in [0.1, 0.15) is 36.6 Å². The van der Waals surface area contributed by atoms with Crippen molar-refractivity contribution in [3.63, 3.8) is 0 Å². The zero-order valence-electron chi connectivity index (χ0n) is 15.1. The first-order chi connectivity index (χ1) is 12.3. The lowest BCUT2D eigenvalue weighted by atomic mass is 9.95. The third-order valence-electron chi connectivity index (χ3n) is 4.67. The fourth-order valence-electron chi connectivity index (χ4n) is 3.25. The van der Waals surface area contributed by atoms with E-state index in [2.05, 4.69) is 19.2 Å². The Balaban J connectivity index is 1.93. The van der Waals surface area contributed by atoms with E-state index in [4.69, 9.17) is 16.0 Å². The summed E-state index contributed by atoms with van der Waals surface area (Å²) in [5, 5.41) is 3.66. The average molecular weight is 375 g/mol. The van der Waals surface area contributed by atoms with Crippen molar-refractivity contribution in [3.05, 3.63) is 80.4 Å². The maximum Gasteiger partial charge on any atom is 0.336 e. The molecule has 5 heteroatoms. The molecule has 1 heterocycles. The van der Waals surface area contributed by atoms with Gasteiger partial charge in [-0.2, -0.15) is 0 Å². The molecule has 0 radical (unpaired) electrons. The lowest BCUT2D eigenvalue weighted by Crippen LogP contribution is -2.84. The van der Waals surface area contributed by atoms with Gasteiger partial charge in [-0.1, -0.05) is 37.6 Å². The van der Waals surface area contributed by atoms with Gasteiger partial charge in [0.2, 0.25) is 0 Å². The third kappa shape index (κ3) is 3.97. The molecule has 3 nitrogen and oxygen atoms in total. The van der Waals surface area contributed by atoms with Crippen LogP contribution >= 0.6 is 11.6 Å². The van der Waals surface area contributed by atoms with Gasteiger partial charge >= 0.3 is 5.63 Å². The van der Waals surface area contributed by atoms with Crippen LogP contribution in [0.2, 0.25) is 5.02 Å². The molecule has 136 valence electrons. The normalized spacial score (nSPS) is 12.7. The number of nitrogens with two attached hydrogens (primary N) is 1. The quantitative estimate of drug-likeness (QED) is 0.675. The Hall–Kier alpha value is -2.17. The van der Waals surface area contributed by atoms with Crippen LogP contribution in [0.4, 0.5) is 4.39 Å². The van der Waals surface area contributed by atoms with Crippen molar-refractivity contribution in [1.29, 1.82) is 0 Å². The molecule has 3 aromatic rings. The molecule has 0 fully saturated rings. The van der Waals surface area contributed by atoms with Crippen molar-refractivity contribution in [2.24, 2.45) is 5.92 Å². The summed E-state index contributed by atoms with van der Waals surface area (Å²) in [5.74, 6) is 0.102. The van der Waals surface area contributed by atoms with Crippen molar-refractivity contribution in [3.8, 4) is 0 Å². The van der Waals surface area contributed by atoms with Crippen LogP contribution in [-0.2, 0) is 6.54 Å². The molecule has 0 saturated heterocycles. The number of fused-ring (bicyclic) bond motifs is 1. The number of hydrogen-bond donors (Lipinski definition) is 1. The molecular weight excluding hydrogens is 353 g/mol. The lowest BCUT2D eigenvalue weighted by molar-refractivity contribution is -0.717. The van der Waals surface area contributed by atoms with Crippen LogP contribution in [0.3, 0.4) is 0 Å². The summed E-state index contributed by atoms with van der Waals surface area (Å²) in [6.07, 6.45) is 0. The molecule has 0 saturated carbocycles. The van der Waals surface area contributed by atoms with Gasteiger partial charge in [0.05, 0.1) is 0 Å². The first-order valence-electron chi connectivity index (χ1n) is 8.67. The Kier molecular flexibility index (Phi) is 5.44. The van der Waals surface area contributed by atoms with Crippen molar-refractivity contribution < 1.29 is 14.1 Å². The van der Waals surface area contributed by atoms with Gasteiger partial charge in [-0.3, -0.25) is 0 Å². The monoisotopic (exact) mass is 374 g/mol. The van der Waals surface area contributed by atoms with Crippen LogP contribution in [0.15, 0.2) is 51.7 Å². The van der Waals surface area contributed by atoms with Gasteiger partial charge in [0.1, 0.15) is 24.0 Å². The van der Waals surface area contributed by atoms with Gasteiger partial charge in [0.15, 0.2) is 0 Å². The molecule has 3 rings (SSSR count). The first-order valence-corrected chi connectivity index (χ1v) is 9.04. The summed E-state index contributed by atoms with van der Waals surface area (Å²) in [6, 6.07) is 11.9. The van der Waals surface area contributed by atoms with Gasteiger partial charge in [-0.05, 0) is 36.8 Å². The Morgan fingerprint density at radius 1 is 1.15 bits per heavy atom. The molecule has 1 atom stereocenters. The minimum Gasteiger partial charge on any atom is -0.423 e. The van der Waals surface area contributed by atoms with Gasteiger partial charge in [0.25, 0.3) is 0 Å². The summed E-state index contributed by atoms with van der Waals surface area (Å²) in [5.41, 5.74) is 2.99. The van der Waals surface area contributed by atoms with Crippen molar-refractivity contribution in [2.75, 3.05) is 0 Å². The van der Waals surface area contributed by atoms with Crippen LogP contribution in [0.25, 0.3) is 11.0 Å². The van der Waals surface area contributed by atoms with Crippen molar-refractivity contribution >= 4 is 22.6 Å². The summed E-state index contributed by atoms with van der Waals surface area (Å²) in [7, 11) is 0. The second kappa shape index (κ2) is 7.60. The van der Waals surface area contributed by atoms with Crippen LogP contribution < -0.4 is 10.9 Å². The predicted octanol–water partition coefficient (Wildman–Crippen LogP) is 4.35. The van der Waals surface area contributed by atoms with E-state index in [0.29, 0.717) is 23.1 Å². The second-order valence-electron chi connectivity index (χ2n) is 6.95. The highest BCUT2D eigenvalue weighted by molar-refractivity contribution is 6.32. The van der Waals surface area contributed by atoms with Crippen molar-refractivity contribution in [1.82, 2.24) is 0 Å². The molecule has 1 aromatic heterocycles. The molecule has 2 aromatic carbocycles. The molecule has 0 spiro atoms. The number of quaternary nitrogens is 1. The summed E-state index contributed by atoms with van der Waals surface area (Å²) >= 11 is 6.26. The van der Waals surface area contributed by atoms with E-state index in [1.165, 1.54) is 18.2 Å². The van der Waals surface area contributed by atoms with Crippen molar-refractivity contribution in [2.45, 2.75) is 33.4 Å².